The summed E-state index contributed by atoms with van der Waals surface area (Å²) >= 11 is 0. The van der Waals surface area contributed by atoms with Crippen LogP contribution in [0.1, 0.15) is 26.7 Å². The van der Waals surface area contributed by atoms with Crippen LogP contribution in [0.3, 0.4) is 0 Å². The average Bonchev–Trinajstić information content (AvgIpc) is 2.27. The van der Waals surface area contributed by atoms with Gasteiger partial charge in [0.05, 0.1) is 13.5 Å². The molecule has 0 fully saturated rings. The van der Waals surface area contributed by atoms with E-state index in [4.69, 9.17) is 4.74 Å². The van der Waals surface area contributed by atoms with Gasteiger partial charge in [-0.05, 0) is 13.3 Å². The van der Waals surface area contributed by atoms with Crippen molar-refractivity contribution in [3.8, 4) is 0 Å². The number of hydrogen-bond donors (Lipinski definition) is 1. The quantitative estimate of drug-likeness (QED) is 0.657. The average molecular weight is 217 g/mol. The number of carbonyl (C=O) groups is 2. The molecule has 1 amide bonds. The Labute approximate surface area is 90.1 Å². The predicted octanol–water partition coefficient (Wildman–Crippen LogP) is 0.481. The van der Waals surface area contributed by atoms with Crippen LogP contribution in [0.15, 0.2) is 0 Å². The van der Waals surface area contributed by atoms with Crippen molar-refractivity contribution < 1.29 is 19.1 Å². The van der Waals surface area contributed by atoms with Crippen LogP contribution < -0.4 is 5.32 Å². The molecule has 0 aliphatic rings. The Morgan fingerprint density at radius 1 is 1.33 bits per heavy atom. The van der Waals surface area contributed by atoms with Crippen molar-refractivity contribution in [2.45, 2.75) is 32.3 Å². The third-order valence-corrected chi connectivity index (χ3v) is 2.45. The zero-order chi connectivity index (χ0) is 11.9. The lowest BCUT2D eigenvalue weighted by Gasteiger charge is -2.24. The number of methoxy groups -OCH3 is 2. The molecule has 0 saturated carbocycles. The van der Waals surface area contributed by atoms with Crippen molar-refractivity contribution in [2.24, 2.45) is 0 Å². The number of ether oxygens (including phenoxy) is 2. The first-order valence-corrected chi connectivity index (χ1v) is 4.90. The molecule has 0 radical (unpaired) electrons. The molecule has 0 spiro atoms. The molecular formula is C10H19NO4. The Kier molecular flexibility index (Phi) is 5.93. The summed E-state index contributed by atoms with van der Waals surface area (Å²) in [7, 11) is 2.80. The van der Waals surface area contributed by atoms with Gasteiger partial charge in [-0.1, -0.05) is 6.92 Å². The van der Waals surface area contributed by atoms with E-state index in [0.717, 1.165) is 0 Å². The van der Waals surface area contributed by atoms with Crippen molar-refractivity contribution in [2.75, 3.05) is 20.8 Å². The highest BCUT2D eigenvalue weighted by atomic mass is 16.5. The van der Waals surface area contributed by atoms with E-state index in [1.807, 2.05) is 6.92 Å². The molecule has 5 nitrogen and oxygen atoms in total. The van der Waals surface area contributed by atoms with Gasteiger partial charge in [0.15, 0.2) is 0 Å². The summed E-state index contributed by atoms with van der Waals surface area (Å²) in [5.74, 6) is -0.553. The first-order chi connectivity index (χ1) is 7.00. The Bertz CT molecular complexity index is 223. The molecule has 0 rings (SSSR count). The van der Waals surface area contributed by atoms with Crippen LogP contribution in [-0.4, -0.2) is 38.2 Å². The van der Waals surface area contributed by atoms with Gasteiger partial charge < -0.3 is 14.8 Å². The molecule has 0 bridgehead atoms. The predicted molar refractivity (Wildman–Crippen MR) is 55.3 cm³/mol. The van der Waals surface area contributed by atoms with E-state index < -0.39 is 5.60 Å². The molecule has 0 aromatic carbocycles. The molecule has 0 aromatic rings. The maximum Gasteiger partial charge on any atom is 0.307 e. The van der Waals surface area contributed by atoms with Gasteiger partial charge in [-0.3, -0.25) is 9.59 Å². The van der Waals surface area contributed by atoms with Crippen LogP contribution in [0.5, 0.6) is 0 Å². The van der Waals surface area contributed by atoms with E-state index in [1.165, 1.54) is 14.2 Å². The molecule has 1 unspecified atom stereocenters. The minimum absolute atomic E-state index is 0.172. The third kappa shape index (κ3) is 4.29. The van der Waals surface area contributed by atoms with Gasteiger partial charge in [0, 0.05) is 13.7 Å². The maximum atomic E-state index is 11.6. The van der Waals surface area contributed by atoms with Crippen LogP contribution >= 0.6 is 0 Å². The zero-order valence-corrected chi connectivity index (χ0v) is 9.75. The smallest absolute Gasteiger partial charge is 0.307 e. The SMILES string of the molecule is CCC(C)(OC)C(=O)NCCC(=O)OC. The van der Waals surface area contributed by atoms with Crippen molar-refractivity contribution in [1.82, 2.24) is 5.32 Å². The fourth-order valence-corrected chi connectivity index (χ4v) is 0.965. The van der Waals surface area contributed by atoms with Crippen LogP contribution in [0.2, 0.25) is 0 Å². The highest BCUT2D eigenvalue weighted by molar-refractivity contribution is 5.85. The van der Waals surface area contributed by atoms with Gasteiger partial charge in [-0.2, -0.15) is 0 Å². The van der Waals surface area contributed by atoms with Crippen molar-refractivity contribution in [3.63, 3.8) is 0 Å². The molecule has 0 saturated heterocycles. The van der Waals surface area contributed by atoms with E-state index in [1.54, 1.807) is 6.92 Å². The summed E-state index contributed by atoms with van der Waals surface area (Å²) in [6.45, 7) is 3.84. The number of esters is 1. The van der Waals surface area contributed by atoms with Crippen LogP contribution in [0.25, 0.3) is 0 Å². The molecule has 5 heteroatoms. The second kappa shape index (κ2) is 6.40. The molecule has 0 aliphatic carbocycles. The van der Waals surface area contributed by atoms with Crippen LogP contribution in [0, 0.1) is 0 Å². The van der Waals surface area contributed by atoms with Gasteiger partial charge in [0.2, 0.25) is 0 Å². The van der Waals surface area contributed by atoms with E-state index in [-0.39, 0.29) is 24.8 Å². The molecule has 0 heterocycles. The zero-order valence-electron chi connectivity index (χ0n) is 9.75. The van der Waals surface area contributed by atoms with E-state index in [9.17, 15) is 9.59 Å². The van der Waals surface area contributed by atoms with Gasteiger partial charge in [0.1, 0.15) is 5.60 Å². The largest absolute Gasteiger partial charge is 0.469 e. The molecule has 1 N–H and O–H groups in total. The fraction of sp³-hybridized carbons (Fsp3) is 0.800. The molecule has 1 atom stereocenters. The Balaban J connectivity index is 3.98. The van der Waals surface area contributed by atoms with Gasteiger partial charge >= 0.3 is 5.97 Å². The topological polar surface area (TPSA) is 64.6 Å². The van der Waals surface area contributed by atoms with Gasteiger partial charge in [-0.25, -0.2) is 0 Å². The van der Waals surface area contributed by atoms with E-state index in [0.29, 0.717) is 6.42 Å². The third-order valence-electron chi connectivity index (χ3n) is 2.45. The Morgan fingerprint density at radius 2 is 1.93 bits per heavy atom. The molecule has 88 valence electrons. The number of carbonyl (C=O) groups excluding carboxylic acids is 2. The lowest BCUT2D eigenvalue weighted by molar-refractivity contribution is -0.143. The minimum Gasteiger partial charge on any atom is -0.469 e. The van der Waals surface area contributed by atoms with Crippen molar-refractivity contribution >= 4 is 11.9 Å². The second-order valence-corrected chi connectivity index (χ2v) is 3.37. The standard InChI is InChI=1S/C10H19NO4/c1-5-10(2,15-4)9(13)11-7-6-8(12)14-3/h5-7H2,1-4H3,(H,11,13). The normalized spacial score (nSPS) is 14.1. The van der Waals surface area contributed by atoms with Crippen LogP contribution in [-0.2, 0) is 19.1 Å². The Hall–Kier alpha value is -1.10. The summed E-state index contributed by atoms with van der Waals surface area (Å²) in [5.41, 5.74) is -0.823. The maximum absolute atomic E-state index is 11.6. The molecule has 0 aromatic heterocycles. The summed E-state index contributed by atoms with van der Waals surface area (Å²) in [4.78, 5) is 22.4. The van der Waals surface area contributed by atoms with Gasteiger partial charge in [-0.15, -0.1) is 0 Å². The number of rotatable bonds is 6. The lowest BCUT2D eigenvalue weighted by Crippen LogP contribution is -2.46. The van der Waals surface area contributed by atoms with Gasteiger partial charge in [0.25, 0.3) is 5.91 Å². The second-order valence-electron chi connectivity index (χ2n) is 3.37. The van der Waals surface area contributed by atoms with E-state index in [2.05, 4.69) is 10.1 Å². The lowest BCUT2D eigenvalue weighted by atomic mass is 10.0. The number of amides is 1. The summed E-state index contributed by atoms with van der Waals surface area (Å²) in [6.07, 6.45) is 0.749. The van der Waals surface area contributed by atoms with Crippen molar-refractivity contribution in [3.05, 3.63) is 0 Å². The molecule has 0 aliphatic heterocycles. The van der Waals surface area contributed by atoms with Crippen LogP contribution in [0.4, 0.5) is 0 Å². The highest BCUT2D eigenvalue weighted by Crippen LogP contribution is 2.13. The molecular weight excluding hydrogens is 198 g/mol. The minimum atomic E-state index is -0.823. The summed E-state index contributed by atoms with van der Waals surface area (Å²) in [5, 5.41) is 2.63. The Morgan fingerprint density at radius 3 is 2.33 bits per heavy atom. The monoisotopic (exact) mass is 217 g/mol. The fourth-order valence-electron chi connectivity index (χ4n) is 0.965. The number of hydrogen-bond acceptors (Lipinski definition) is 4. The summed E-state index contributed by atoms with van der Waals surface area (Å²) < 4.78 is 9.55. The highest BCUT2D eigenvalue weighted by Gasteiger charge is 2.30. The summed E-state index contributed by atoms with van der Waals surface area (Å²) in [6, 6.07) is 0. The first-order valence-electron chi connectivity index (χ1n) is 4.90. The molecule has 15 heavy (non-hydrogen) atoms. The van der Waals surface area contributed by atoms with Crippen molar-refractivity contribution in [1.29, 1.82) is 0 Å². The van der Waals surface area contributed by atoms with E-state index >= 15 is 0 Å². The first kappa shape index (κ1) is 13.9. The number of nitrogens with one attached hydrogen (secondary N) is 1.